The summed E-state index contributed by atoms with van der Waals surface area (Å²) in [6.07, 6.45) is 1.79. The van der Waals surface area contributed by atoms with Gasteiger partial charge in [0.05, 0.1) is 5.75 Å². The maximum Gasteiger partial charge on any atom is 0.234 e. The number of nitrogens with one attached hydrogen (secondary N) is 1. The number of anilines is 1. The number of thioether (sulfide) groups is 1. The van der Waals surface area contributed by atoms with Gasteiger partial charge in [-0.3, -0.25) is 4.79 Å². The number of hydrogen-bond acceptors (Lipinski definition) is 4. The van der Waals surface area contributed by atoms with Crippen molar-refractivity contribution >= 4 is 23.4 Å². The molecule has 0 saturated carbocycles. The zero-order valence-electron chi connectivity index (χ0n) is 13.1. The molecule has 2 aromatic rings. The average molecular weight is 316 g/mol. The molecule has 6 heteroatoms. The van der Waals surface area contributed by atoms with Crippen LogP contribution in [0.2, 0.25) is 0 Å². The summed E-state index contributed by atoms with van der Waals surface area (Å²) in [5.74, 6) is 1.06. The number of benzene rings is 1. The van der Waals surface area contributed by atoms with Crippen molar-refractivity contribution in [2.45, 2.75) is 32.5 Å². The van der Waals surface area contributed by atoms with Crippen molar-refractivity contribution in [2.24, 2.45) is 0 Å². The Balaban J connectivity index is 1.98. The van der Waals surface area contributed by atoms with E-state index in [0.29, 0.717) is 12.3 Å². The lowest BCUT2D eigenvalue weighted by Crippen LogP contribution is -2.15. The molecule has 1 N–H and O–H groups in total. The predicted octanol–water partition coefficient (Wildman–Crippen LogP) is 3.12. The van der Waals surface area contributed by atoms with E-state index in [1.807, 2.05) is 43.5 Å². The van der Waals surface area contributed by atoms with Crippen molar-refractivity contribution < 1.29 is 4.79 Å². The van der Waals surface area contributed by atoms with Gasteiger partial charge in [-0.05, 0) is 38.0 Å². The highest BCUT2D eigenvalue weighted by Crippen LogP contribution is 2.19. The third-order valence-corrected chi connectivity index (χ3v) is 4.18. The SMILES string of the molecule is C=CCn1c(C)nnc1SCC(=O)Nc1cc(C)ccc1C. The van der Waals surface area contributed by atoms with Crippen LogP contribution < -0.4 is 5.32 Å². The molecule has 0 radical (unpaired) electrons. The van der Waals surface area contributed by atoms with Gasteiger partial charge in [-0.1, -0.05) is 30.0 Å². The molecule has 0 saturated heterocycles. The molecule has 1 amide bonds. The van der Waals surface area contributed by atoms with Crippen LogP contribution in [-0.2, 0) is 11.3 Å². The van der Waals surface area contributed by atoms with E-state index in [0.717, 1.165) is 27.8 Å². The zero-order chi connectivity index (χ0) is 16.1. The fourth-order valence-electron chi connectivity index (χ4n) is 1.99. The molecule has 22 heavy (non-hydrogen) atoms. The van der Waals surface area contributed by atoms with Gasteiger partial charge in [0.15, 0.2) is 5.16 Å². The molecule has 0 aliphatic rings. The van der Waals surface area contributed by atoms with Gasteiger partial charge in [-0.25, -0.2) is 0 Å². The summed E-state index contributed by atoms with van der Waals surface area (Å²) in [4.78, 5) is 12.1. The van der Waals surface area contributed by atoms with Crippen LogP contribution in [0.3, 0.4) is 0 Å². The van der Waals surface area contributed by atoms with E-state index in [1.165, 1.54) is 11.8 Å². The van der Waals surface area contributed by atoms with E-state index in [9.17, 15) is 4.79 Å². The van der Waals surface area contributed by atoms with Gasteiger partial charge in [0.2, 0.25) is 5.91 Å². The number of rotatable bonds is 6. The Morgan fingerprint density at radius 2 is 2.14 bits per heavy atom. The van der Waals surface area contributed by atoms with Crippen LogP contribution in [0.1, 0.15) is 17.0 Å². The zero-order valence-corrected chi connectivity index (χ0v) is 13.9. The number of hydrogen-bond donors (Lipinski definition) is 1. The summed E-state index contributed by atoms with van der Waals surface area (Å²) < 4.78 is 1.93. The van der Waals surface area contributed by atoms with E-state index < -0.39 is 0 Å². The standard InChI is InChI=1S/C16H20N4OS/c1-5-8-20-13(4)18-19-16(20)22-10-15(21)17-14-9-11(2)6-7-12(14)3/h5-7,9H,1,8,10H2,2-4H3,(H,17,21). The molecule has 2 rings (SSSR count). The minimum absolute atomic E-state index is 0.0514. The number of aryl methyl sites for hydroxylation is 3. The second kappa shape index (κ2) is 7.26. The third kappa shape index (κ3) is 3.98. The number of amides is 1. The van der Waals surface area contributed by atoms with Crippen molar-refractivity contribution in [2.75, 3.05) is 11.1 Å². The molecule has 5 nitrogen and oxygen atoms in total. The Morgan fingerprint density at radius 3 is 2.86 bits per heavy atom. The van der Waals surface area contributed by atoms with Crippen LogP contribution in [0.25, 0.3) is 0 Å². The first-order valence-corrected chi connectivity index (χ1v) is 8.00. The molecule has 1 aromatic carbocycles. The topological polar surface area (TPSA) is 59.8 Å². The van der Waals surface area contributed by atoms with Gasteiger partial charge < -0.3 is 9.88 Å². The van der Waals surface area contributed by atoms with E-state index in [4.69, 9.17) is 0 Å². The maximum atomic E-state index is 12.1. The molecule has 116 valence electrons. The number of carbonyl (C=O) groups excluding carboxylic acids is 1. The summed E-state index contributed by atoms with van der Waals surface area (Å²) in [6.45, 7) is 10.2. The Bertz CT molecular complexity index is 693. The van der Waals surface area contributed by atoms with Crippen molar-refractivity contribution in [3.8, 4) is 0 Å². The fourth-order valence-corrected chi connectivity index (χ4v) is 2.79. The quantitative estimate of drug-likeness (QED) is 0.657. The molecule has 0 bridgehead atoms. The van der Waals surface area contributed by atoms with Crippen molar-refractivity contribution in [1.82, 2.24) is 14.8 Å². The van der Waals surface area contributed by atoms with Crippen LogP contribution in [-0.4, -0.2) is 26.4 Å². The molecule has 0 fully saturated rings. The largest absolute Gasteiger partial charge is 0.325 e. The Morgan fingerprint density at radius 1 is 1.36 bits per heavy atom. The fraction of sp³-hybridized carbons (Fsp3) is 0.312. The maximum absolute atomic E-state index is 12.1. The highest BCUT2D eigenvalue weighted by Gasteiger charge is 2.11. The van der Waals surface area contributed by atoms with Gasteiger partial charge in [-0.15, -0.1) is 16.8 Å². The third-order valence-electron chi connectivity index (χ3n) is 3.21. The van der Waals surface area contributed by atoms with Crippen LogP contribution in [0.15, 0.2) is 36.0 Å². The second-order valence-electron chi connectivity index (χ2n) is 5.08. The second-order valence-corrected chi connectivity index (χ2v) is 6.03. The summed E-state index contributed by atoms with van der Waals surface area (Å²) in [5.41, 5.74) is 3.03. The average Bonchev–Trinajstić information content (AvgIpc) is 2.82. The smallest absolute Gasteiger partial charge is 0.234 e. The first-order chi connectivity index (χ1) is 10.5. The van der Waals surface area contributed by atoms with Crippen molar-refractivity contribution in [1.29, 1.82) is 0 Å². The molecule has 1 aromatic heterocycles. The van der Waals surface area contributed by atoms with E-state index >= 15 is 0 Å². The van der Waals surface area contributed by atoms with Gasteiger partial charge in [-0.2, -0.15) is 0 Å². The van der Waals surface area contributed by atoms with Crippen LogP contribution in [0.4, 0.5) is 5.69 Å². The number of carbonyl (C=O) groups is 1. The monoisotopic (exact) mass is 316 g/mol. The summed E-state index contributed by atoms with van der Waals surface area (Å²) in [6, 6.07) is 6.00. The molecular weight excluding hydrogens is 296 g/mol. The number of aromatic nitrogens is 3. The molecule has 0 atom stereocenters. The summed E-state index contributed by atoms with van der Waals surface area (Å²) in [5, 5.41) is 11.8. The molecular formula is C16H20N4OS. The van der Waals surface area contributed by atoms with E-state index in [1.54, 1.807) is 6.08 Å². The minimum Gasteiger partial charge on any atom is -0.325 e. The van der Waals surface area contributed by atoms with Crippen molar-refractivity contribution in [3.05, 3.63) is 47.8 Å². The van der Waals surface area contributed by atoms with Gasteiger partial charge in [0.1, 0.15) is 5.82 Å². The van der Waals surface area contributed by atoms with Crippen molar-refractivity contribution in [3.63, 3.8) is 0 Å². The number of allylic oxidation sites excluding steroid dienone is 1. The molecule has 1 heterocycles. The lowest BCUT2D eigenvalue weighted by atomic mass is 10.1. The highest BCUT2D eigenvalue weighted by molar-refractivity contribution is 7.99. The van der Waals surface area contributed by atoms with Gasteiger partial charge in [0, 0.05) is 12.2 Å². The molecule has 0 spiro atoms. The Labute approximate surface area is 134 Å². The Hall–Kier alpha value is -2.08. The first kappa shape index (κ1) is 16.3. The summed E-state index contributed by atoms with van der Waals surface area (Å²) >= 11 is 1.37. The lowest BCUT2D eigenvalue weighted by Gasteiger charge is -2.09. The van der Waals surface area contributed by atoms with E-state index in [-0.39, 0.29) is 5.91 Å². The summed E-state index contributed by atoms with van der Waals surface area (Å²) in [7, 11) is 0. The molecule has 0 aliphatic carbocycles. The minimum atomic E-state index is -0.0514. The predicted molar refractivity (Wildman–Crippen MR) is 90.2 cm³/mol. The van der Waals surface area contributed by atoms with E-state index in [2.05, 4.69) is 22.1 Å². The van der Waals surface area contributed by atoms with Gasteiger partial charge >= 0.3 is 0 Å². The Kier molecular flexibility index (Phi) is 5.38. The highest BCUT2D eigenvalue weighted by atomic mass is 32.2. The van der Waals surface area contributed by atoms with Crippen LogP contribution in [0.5, 0.6) is 0 Å². The normalized spacial score (nSPS) is 10.5. The van der Waals surface area contributed by atoms with Crippen LogP contribution in [0, 0.1) is 20.8 Å². The van der Waals surface area contributed by atoms with Gasteiger partial charge in [0.25, 0.3) is 0 Å². The lowest BCUT2D eigenvalue weighted by molar-refractivity contribution is -0.113. The first-order valence-electron chi connectivity index (χ1n) is 7.02. The molecule has 0 unspecified atom stereocenters. The molecule has 0 aliphatic heterocycles. The van der Waals surface area contributed by atoms with Crippen LogP contribution >= 0.6 is 11.8 Å². The number of nitrogens with zero attached hydrogens (tertiary/aromatic N) is 3.